The van der Waals surface area contributed by atoms with Crippen LogP contribution in [0.3, 0.4) is 0 Å². The molecule has 1 aromatic rings. The average molecular weight is 490 g/mol. The average Bonchev–Trinajstić information content (AvgIpc) is 2.61. The molecule has 1 aliphatic rings. The van der Waals surface area contributed by atoms with Crippen LogP contribution in [0.25, 0.3) is 0 Å². The Morgan fingerprint density at radius 1 is 1.38 bits per heavy atom. The zero-order chi connectivity index (χ0) is 18.1. The Kier molecular flexibility index (Phi) is 11.0. The van der Waals surface area contributed by atoms with Crippen LogP contribution in [0.2, 0.25) is 0 Å². The first-order valence-electron chi connectivity index (χ1n) is 9.01. The molecule has 2 unspecified atom stereocenters. The molecular formula is C19H28FIN4S. The van der Waals surface area contributed by atoms with Gasteiger partial charge in [0.25, 0.3) is 0 Å². The van der Waals surface area contributed by atoms with Crippen molar-refractivity contribution in [3.8, 4) is 6.07 Å². The van der Waals surface area contributed by atoms with Crippen molar-refractivity contribution in [2.45, 2.75) is 57.4 Å². The van der Waals surface area contributed by atoms with Crippen LogP contribution in [0.15, 0.2) is 23.2 Å². The molecule has 7 heteroatoms. The minimum atomic E-state index is -0.379. The van der Waals surface area contributed by atoms with Crippen molar-refractivity contribution in [3.05, 3.63) is 35.1 Å². The molecule has 4 nitrogen and oxygen atoms in total. The third-order valence-electron chi connectivity index (χ3n) is 4.30. The van der Waals surface area contributed by atoms with E-state index in [-0.39, 0.29) is 36.3 Å². The minimum Gasteiger partial charge on any atom is -0.357 e. The first-order valence-corrected chi connectivity index (χ1v) is 10.1. The molecule has 1 aromatic carbocycles. The maximum Gasteiger partial charge on any atom is 0.191 e. The largest absolute Gasteiger partial charge is 0.357 e. The van der Waals surface area contributed by atoms with Gasteiger partial charge in [0.15, 0.2) is 5.96 Å². The van der Waals surface area contributed by atoms with Crippen LogP contribution in [0.1, 0.15) is 50.7 Å². The number of guanidine groups is 1. The molecule has 2 N–H and O–H groups in total. The second kappa shape index (κ2) is 12.4. The van der Waals surface area contributed by atoms with E-state index in [1.807, 2.05) is 24.8 Å². The van der Waals surface area contributed by atoms with Gasteiger partial charge in [-0.3, -0.25) is 0 Å². The normalized spacial score (nSPS) is 20.0. The quantitative estimate of drug-likeness (QED) is 0.352. The maximum absolute atomic E-state index is 14.0. The summed E-state index contributed by atoms with van der Waals surface area (Å²) < 4.78 is 14.0. The van der Waals surface area contributed by atoms with Gasteiger partial charge in [-0.15, -0.1) is 24.0 Å². The molecule has 26 heavy (non-hydrogen) atoms. The fraction of sp³-hybridized carbons (Fsp3) is 0.579. The van der Waals surface area contributed by atoms with E-state index in [4.69, 9.17) is 5.26 Å². The predicted molar refractivity (Wildman–Crippen MR) is 119 cm³/mol. The number of benzene rings is 1. The fourth-order valence-electron chi connectivity index (χ4n) is 3.09. The van der Waals surface area contributed by atoms with Gasteiger partial charge in [0.1, 0.15) is 5.82 Å². The van der Waals surface area contributed by atoms with E-state index in [9.17, 15) is 4.39 Å². The molecule has 0 amide bonds. The summed E-state index contributed by atoms with van der Waals surface area (Å²) in [6.45, 7) is 5.25. The number of nitrogens with one attached hydrogen (secondary N) is 2. The van der Waals surface area contributed by atoms with Crippen molar-refractivity contribution >= 4 is 41.7 Å². The van der Waals surface area contributed by atoms with E-state index < -0.39 is 0 Å². The Labute approximate surface area is 177 Å². The molecule has 0 aromatic heterocycles. The Morgan fingerprint density at radius 3 is 2.85 bits per heavy atom. The molecule has 2 atom stereocenters. The number of nitrogens with zero attached hydrogens (tertiary/aromatic N) is 2. The summed E-state index contributed by atoms with van der Waals surface area (Å²) in [6.07, 6.45) is 4.82. The Bertz CT molecular complexity index is 630. The number of hydrogen-bond donors (Lipinski definition) is 2. The molecule has 144 valence electrons. The number of nitriles is 1. The van der Waals surface area contributed by atoms with Crippen molar-refractivity contribution in [2.75, 3.05) is 12.3 Å². The van der Waals surface area contributed by atoms with Crippen LogP contribution < -0.4 is 10.6 Å². The third kappa shape index (κ3) is 7.31. The molecule has 1 aliphatic carbocycles. The van der Waals surface area contributed by atoms with Gasteiger partial charge in [-0.1, -0.05) is 19.4 Å². The lowest BCUT2D eigenvalue weighted by Crippen LogP contribution is -2.45. The number of hydrogen-bond acceptors (Lipinski definition) is 3. The molecule has 1 fully saturated rings. The van der Waals surface area contributed by atoms with E-state index in [1.54, 1.807) is 12.1 Å². The highest BCUT2D eigenvalue weighted by Gasteiger charge is 2.22. The van der Waals surface area contributed by atoms with Gasteiger partial charge >= 0.3 is 0 Å². The Hall–Kier alpha value is -1.01. The highest BCUT2D eigenvalue weighted by molar-refractivity contribution is 14.0. The third-order valence-corrected chi connectivity index (χ3v) is 5.54. The smallest absolute Gasteiger partial charge is 0.191 e. The van der Waals surface area contributed by atoms with E-state index in [0.29, 0.717) is 17.2 Å². The summed E-state index contributed by atoms with van der Waals surface area (Å²) in [6, 6.07) is 6.89. The van der Waals surface area contributed by atoms with Crippen molar-refractivity contribution in [1.29, 1.82) is 5.26 Å². The van der Waals surface area contributed by atoms with Gasteiger partial charge in [-0.05, 0) is 44.1 Å². The van der Waals surface area contributed by atoms with Crippen LogP contribution in [0.5, 0.6) is 0 Å². The van der Waals surface area contributed by atoms with Crippen LogP contribution in [0, 0.1) is 17.1 Å². The summed E-state index contributed by atoms with van der Waals surface area (Å²) in [4.78, 5) is 4.53. The van der Waals surface area contributed by atoms with E-state index in [0.717, 1.165) is 36.3 Å². The zero-order valence-corrected chi connectivity index (χ0v) is 18.6. The molecule has 0 spiro atoms. The molecule has 2 rings (SSSR count). The van der Waals surface area contributed by atoms with Crippen molar-refractivity contribution in [2.24, 2.45) is 4.99 Å². The maximum atomic E-state index is 14.0. The fourth-order valence-corrected chi connectivity index (χ4v) is 4.26. The van der Waals surface area contributed by atoms with Crippen LogP contribution in [-0.4, -0.2) is 29.5 Å². The van der Waals surface area contributed by atoms with Gasteiger partial charge in [-0.2, -0.15) is 17.0 Å². The highest BCUT2D eigenvalue weighted by atomic mass is 127. The number of thioether (sulfide) groups is 1. The predicted octanol–water partition coefficient (Wildman–Crippen LogP) is 4.43. The lowest BCUT2D eigenvalue weighted by Gasteiger charge is -2.30. The van der Waals surface area contributed by atoms with E-state index in [2.05, 4.69) is 22.5 Å². The van der Waals surface area contributed by atoms with Crippen molar-refractivity contribution < 1.29 is 4.39 Å². The lowest BCUT2D eigenvalue weighted by atomic mass is 9.95. The molecule has 0 aliphatic heterocycles. The van der Waals surface area contributed by atoms with Gasteiger partial charge in [-0.25, -0.2) is 9.38 Å². The standard InChI is InChI=1S/C19H27FN4S.HI/c1-3-22-19(24-16-6-5-7-17(11-16)25-4-2)23-13-15-9-8-14(12-21)10-18(15)20;/h8-10,16-17H,3-7,11,13H2,1-2H3,(H2,22,23,24);1H. The number of aliphatic imine (C=N–C) groups is 1. The summed E-state index contributed by atoms with van der Waals surface area (Å²) in [5.74, 6) is 1.51. The van der Waals surface area contributed by atoms with Gasteiger partial charge in [0.2, 0.25) is 0 Å². The number of halogens is 2. The first-order chi connectivity index (χ1) is 12.2. The molecule has 0 heterocycles. The van der Waals surface area contributed by atoms with Crippen molar-refractivity contribution in [3.63, 3.8) is 0 Å². The summed E-state index contributed by atoms with van der Waals surface area (Å²) in [5, 5.41) is 16.3. The summed E-state index contributed by atoms with van der Waals surface area (Å²) in [7, 11) is 0. The Morgan fingerprint density at radius 2 is 2.19 bits per heavy atom. The van der Waals surface area contributed by atoms with Gasteiger partial charge < -0.3 is 10.6 Å². The first kappa shape index (κ1) is 23.0. The zero-order valence-electron chi connectivity index (χ0n) is 15.4. The SMILES string of the molecule is CCNC(=NCc1ccc(C#N)cc1F)NC1CCCC(SCC)C1.I. The van der Waals surface area contributed by atoms with Crippen LogP contribution in [-0.2, 0) is 6.54 Å². The van der Waals surface area contributed by atoms with Crippen molar-refractivity contribution in [1.82, 2.24) is 10.6 Å². The second-order valence-corrected chi connectivity index (χ2v) is 7.78. The lowest BCUT2D eigenvalue weighted by molar-refractivity contribution is 0.419. The minimum absolute atomic E-state index is 0. The molecule has 0 bridgehead atoms. The number of rotatable bonds is 6. The summed E-state index contributed by atoms with van der Waals surface area (Å²) in [5.41, 5.74) is 0.830. The van der Waals surface area contributed by atoms with E-state index in [1.165, 1.54) is 18.9 Å². The Balaban J connectivity index is 0.00000338. The van der Waals surface area contributed by atoms with Gasteiger partial charge in [0, 0.05) is 23.4 Å². The topological polar surface area (TPSA) is 60.2 Å². The van der Waals surface area contributed by atoms with Crippen LogP contribution in [0.4, 0.5) is 4.39 Å². The molecular weight excluding hydrogens is 462 g/mol. The second-order valence-electron chi connectivity index (χ2n) is 6.20. The molecule has 1 saturated carbocycles. The van der Waals surface area contributed by atoms with E-state index >= 15 is 0 Å². The molecule has 0 radical (unpaired) electrons. The summed E-state index contributed by atoms with van der Waals surface area (Å²) >= 11 is 2.04. The molecule has 0 saturated heterocycles. The monoisotopic (exact) mass is 490 g/mol. The van der Waals surface area contributed by atoms with Gasteiger partial charge in [0.05, 0.1) is 18.2 Å². The highest BCUT2D eigenvalue weighted by Crippen LogP contribution is 2.28. The van der Waals surface area contributed by atoms with Crippen LogP contribution >= 0.6 is 35.7 Å².